The van der Waals surface area contributed by atoms with Gasteiger partial charge in [0.1, 0.15) is 11.9 Å². The van der Waals surface area contributed by atoms with Crippen LogP contribution in [0.25, 0.3) is 0 Å². The highest BCUT2D eigenvalue weighted by Crippen LogP contribution is 2.32. The van der Waals surface area contributed by atoms with Crippen molar-refractivity contribution in [3.63, 3.8) is 0 Å². The van der Waals surface area contributed by atoms with E-state index in [1.165, 1.54) is 18.1 Å². The first-order valence-electron chi connectivity index (χ1n) is 8.73. The van der Waals surface area contributed by atoms with E-state index in [4.69, 9.17) is 4.74 Å². The third kappa shape index (κ3) is 3.68. The SMILES string of the molecule is COC(=O)NC[C@H]1CN(c2ccc(N3CC(C)OC3=O)cc2F)C[C@@H]1C. The molecule has 2 saturated heterocycles. The van der Waals surface area contributed by atoms with Crippen LogP contribution in [0.2, 0.25) is 0 Å². The summed E-state index contributed by atoms with van der Waals surface area (Å²) in [5.41, 5.74) is 0.999. The summed E-state index contributed by atoms with van der Waals surface area (Å²) in [6, 6.07) is 4.81. The number of ether oxygens (including phenoxy) is 2. The topological polar surface area (TPSA) is 71.1 Å². The van der Waals surface area contributed by atoms with Crippen LogP contribution in [-0.4, -0.2) is 51.6 Å². The molecule has 3 atom stereocenters. The minimum atomic E-state index is -0.460. The van der Waals surface area contributed by atoms with Gasteiger partial charge in [-0.3, -0.25) is 4.90 Å². The average molecular weight is 365 g/mol. The van der Waals surface area contributed by atoms with Gasteiger partial charge in [0.25, 0.3) is 0 Å². The lowest BCUT2D eigenvalue weighted by Gasteiger charge is -2.21. The van der Waals surface area contributed by atoms with Gasteiger partial charge in [0.2, 0.25) is 0 Å². The first kappa shape index (κ1) is 18.3. The van der Waals surface area contributed by atoms with Crippen LogP contribution in [0.5, 0.6) is 0 Å². The molecule has 0 radical (unpaired) electrons. The van der Waals surface area contributed by atoms with E-state index in [9.17, 15) is 14.0 Å². The summed E-state index contributed by atoms with van der Waals surface area (Å²) >= 11 is 0. The highest BCUT2D eigenvalue weighted by Gasteiger charge is 2.33. The van der Waals surface area contributed by atoms with Crippen LogP contribution in [0.15, 0.2) is 18.2 Å². The van der Waals surface area contributed by atoms with Crippen molar-refractivity contribution in [3.05, 3.63) is 24.0 Å². The monoisotopic (exact) mass is 365 g/mol. The summed E-state index contributed by atoms with van der Waals surface area (Å²) in [7, 11) is 1.33. The zero-order valence-electron chi connectivity index (χ0n) is 15.2. The Morgan fingerprint density at radius 1 is 1.35 bits per heavy atom. The smallest absolute Gasteiger partial charge is 0.414 e. The molecule has 2 amide bonds. The zero-order chi connectivity index (χ0) is 18.8. The predicted octanol–water partition coefficient (Wildman–Crippen LogP) is 2.60. The third-order valence-electron chi connectivity index (χ3n) is 5.01. The molecule has 1 N–H and O–H groups in total. The summed E-state index contributed by atoms with van der Waals surface area (Å²) in [4.78, 5) is 26.5. The molecule has 0 aromatic heterocycles. The van der Waals surface area contributed by atoms with E-state index in [2.05, 4.69) is 17.0 Å². The molecule has 1 aromatic rings. The van der Waals surface area contributed by atoms with Crippen LogP contribution in [0, 0.1) is 17.7 Å². The second-order valence-electron chi connectivity index (χ2n) is 6.96. The fourth-order valence-electron chi connectivity index (χ4n) is 3.52. The third-order valence-corrected chi connectivity index (χ3v) is 5.01. The average Bonchev–Trinajstić information content (AvgIpc) is 3.14. The number of nitrogens with zero attached hydrogens (tertiary/aromatic N) is 2. The summed E-state index contributed by atoms with van der Waals surface area (Å²) in [5, 5.41) is 2.71. The number of amides is 2. The number of carbonyl (C=O) groups excluding carboxylic acids is 2. The summed E-state index contributed by atoms with van der Waals surface area (Å²) < 4.78 is 24.4. The number of halogens is 1. The lowest BCUT2D eigenvalue weighted by molar-refractivity contribution is 0.150. The summed E-state index contributed by atoms with van der Waals surface area (Å²) in [6.07, 6.45) is -1.11. The molecule has 1 unspecified atom stereocenters. The lowest BCUT2D eigenvalue weighted by Crippen LogP contribution is -2.32. The Labute approximate surface area is 152 Å². The molecule has 3 rings (SSSR count). The van der Waals surface area contributed by atoms with E-state index in [-0.39, 0.29) is 17.8 Å². The fraction of sp³-hybridized carbons (Fsp3) is 0.556. The lowest BCUT2D eigenvalue weighted by atomic mass is 9.98. The highest BCUT2D eigenvalue weighted by atomic mass is 19.1. The van der Waals surface area contributed by atoms with Crippen LogP contribution in [0.3, 0.4) is 0 Å². The van der Waals surface area contributed by atoms with Crippen molar-refractivity contribution in [2.45, 2.75) is 20.0 Å². The largest absolute Gasteiger partial charge is 0.453 e. The number of cyclic esters (lactones) is 1. The van der Waals surface area contributed by atoms with Gasteiger partial charge < -0.3 is 19.7 Å². The van der Waals surface area contributed by atoms with Gasteiger partial charge in [0.15, 0.2) is 0 Å². The molecule has 2 heterocycles. The number of hydrogen-bond donors (Lipinski definition) is 1. The van der Waals surface area contributed by atoms with Gasteiger partial charge in [-0.25, -0.2) is 14.0 Å². The molecule has 0 aliphatic carbocycles. The molecule has 2 aliphatic rings. The molecular weight excluding hydrogens is 341 g/mol. The Morgan fingerprint density at radius 2 is 2.12 bits per heavy atom. The zero-order valence-corrected chi connectivity index (χ0v) is 15.2. The van der Waals surface area contributed by atoms with Crippen LogP contribution >= 0.6 is 0 Å². The van der Waals surface area contributed by atoms with Gasteiger partial charge in [0, 0.05) is 19.6 Å². The van der Waals surface area contributed by atoms with E-state index in [1.54, 1.807) is 19.1 Å². The van der Waals surface area contributed by atoms with Crippen LogP contribution in [0.4, 0.5) is 25.4 Å². The van der Waals surface area contributed by atoms with E-state index >= 15 is 0 Å². The van der Waals surface area contributed by atoms with E-state index in [1.807, 2.05) is 4.90 Å². The van der Waals surface area contributed by atoms with Crippen molar-refractivity contribution in [1.29, 1.82) is 0 Å². The van der Waals surface area contributed by atoms with E-state index < -0.39 is 12.2 Å². The maximum atomic E-state index is 14.7. The first-order valence-corrected chi connectivity index (χ1v) is 8.73. The highest BCUT2D eigenvalue weighted by molar-refractivity contribution is 5.90. The van der Waals surface area contributed by atoms with Gasteiger partial charge in [-0.05, 0) is 37.0 Å². The Hall–Kier alpha value is -2.51. The first-order chi connectivity index (χ1) is 12.4. The molecule has 7 nitrogen and oxygen atoms in total. The Balaban J connectivity index is 1.68. The number of carbonyl (C=O) groups is 2. The van der Waals surface area contributed by atoms with E-state index in [0.717, 1.165) is 0 Å². The van der Waals surface area contributed by atoms with Crippen molar-refractivity contribution >= 4 is 23.6 Å². The van der Waals surface area contributed by atoms with Crippen molar-refractivity contribution in [2.24, 2.45) is 11.8 Å². The van der Waals surface area contributed by atoms with Crippen molar-refractivity contribution in [1.82, 2.24) is 5.32 Å². The number of nitrogens with one attached hydrogen (secondary N) is 1. The second-order valence-corrected chi connectivity index (χ2v) is 6.96. The van der Waals surface area contributed by atoms with Crippen molar-refractivity contribution in [2.75, 3.05) is 43.1 Å². The van der Waals surface area contributed by atoms with E-state index in [0.29, 0.717) is 43.5 Å². The summed E-state index contributed by atoms with van der Waals surface area (Å²) in [5.74, 6) is 0.145. The minimum absolute atomic E-state index is 0.201. The molecule has 2 fully saturated rings. The molecule has 0 saturated carbocycles. The Kier molecular flexibility index (Phi) is 5.20. The maximum absolute atomic E-state index is 14.7. The predicted molar refractivity (Wildman–Crippen MR) is 95.0 cm³/mol. The number of rotatable bonds is 4. The maximum Gasteiger partial charge on any atom is 0.414 e. The molecule has 8 heteroatoms. The Morgan fingerprint density at radius 3 is 2.73 bits per heavy atom. The van der Waals surface area contributed by atoms with Crippen LogP contribution in [0.1, 0.15) is 13.8 Å². The molecule has 1 aromatic carbocycles. The van der Waals surface area contributed by atoms with Crippen LogP contribution < -0.4 is 15.1 Å². The fourth-order valence-corrected chi connectivity index (χ4v) is 3.52. The van der Waals surface area contributed by atoms with Gasteiger partial charge in [-0.1, -0.05) is 6.92 Å². The molecule has 0 bridgehead atoms. The number of hydrogen-bond acceptors (Lipinski definition) is 5. The van der Waals surface area contributed by atoms with Crippen molar-refractivity contribution in [3.8, 4) is 0 Å². The minimum Gasteiger partial charge on any atom is -0.453 e. The number of methoxy groups -OCH3 is 1. The van der Waals surface area contributed by atoms with Crippen molar-refractivity contribution < 1.29 is 23.5 Å². The molecule has 2 aliphatic heterocycles. The number of alkyl carbamates (subject to hydrolysis) is 1. The second kappa shape index (κ2) is 7.39. The Bertz CT molecular complexity index is 699. The number of benzene rings is 1. The standard InChI is InChI=1S/C18H24FN3O4/c1-11-8-21(10-13(11)7-20-17(23)25-3)16-5-4-14(6-15(16)19)22-9-12(2)26-18(22)24/h4-6,11-13H,7-10H2,1-3H3,(H,20,23)/t11-,12?,13-/m0/s1. The normalized spacial score (nSPS) is 25.4. The number of anilines is 2. The summed E-state index contributed by atoms with van der Waals surface area (Å²) in [6.45, 7) is 6.13. The van der Waals surface area contributed by atoms with Gasteiger partial charge in [-0.15, -0.1) is 0 Å². The van der Waals surface area contributed by atoms with Gasteiger partial charge in [-0.2, -0.15) is 0 Å². The molecule has 142 valence electrons. The van der Waals surface area contributed by atoms with Crippen LogP contribution in [-0.2, 0) is 9.47 Å². The molecule has 26 heavy (non-hydrogen) atoms. The van der Waals surface area contributed by atoms with Gasteiger partial charge in [0.05, 0.1) is 25.0 Å². The quantitative estimate of drug-likeness (QED) is 0.888. The molecule has 0 spiro atoms. The molecular formula is C18H24FN3O4. The van der Waals surface area contributed by atoms with Gasteiger partial charge >= 0.3 is 12.2 Å².